The van der Waals surface area contributed by atoms with E-state index in [1.807, 2.05) is 60.7 Å². The van der Waals surface area contributed by atoms with Gasteiger partial charge in [0.05, 0.1) is 5.69 Å². The summed E-state index contributed by atoms with van der Waals surface area (Å²) < 4.78 is 0. The first-order valence-corrected chi connectivity index (χ1v) is 11.8. The Hall–Kier alpha value is -3.21. The Labute approximate surface area is 190 Å². The summed E-state index contributed by atoms with van der Waals surface area (Å²) >= 11 is 0. The normalized spacial score (nSPS) is 18.2. The number of anilines is 3. The summed E-state index contributed by atoms with van der Waals surface area (Å²) in [5.41, 5.74) is 3.67. The average Bonchev–Trinajstić information content (AvgIpc) is 2.85. The molecular formula is C27H32N4O. The number of benzene rings is 2. The minimum Gasteiger partial charge on any atom is -0.340 e. The van der Waals surface area contributed by atoms with Gasteiger partial charge in [0.2, 0.25) is 5.91 Å². The second-order valence-electron chi connectivity index (χ2n) is 8.71. The molecule has 1 aliphatic carbocycles. The van der Waals surface area contributed by atoms with Crippen molar-refractivity contribution in [2.45, 2.75) is 51.9 Å². The second-order valence-corrected chi connectivity index (χ2v) is 8.71. The molecule has 0 saturated heterocycles. The highest BCUT2D eigenvalue weighted by molar-refractivity contribution is 5.92. The summed E-state index contributed by atoms with van der Waals surface area (Å²) in [6.07, 6.45) is 9.85. The topological polar surface area (TPSA) is 66.9 Å². The van der Waals surface area contributed by atoms with E-state index < -0.39 is 0 Å². The molecule has 1 aliphatic rings. The number of rotatable bonds is 8. The van der Waals surface area contributed by atoms with E-state index in [2.05, 4.69) is 27.5 Å². The van der Waals surface area contributed by atoms with E-state index in [4.69, 9.17) is 0 Å². The Balaban J connectivity index is 1.31. The minimum atomic E-state index is 0.142. The van der Waals surface area contributed by atoms with Crippen molar-refractivity contribution in [3.8, 4) is 11.3 Å². The van der Waals surface area contributed by atoms with E-state index in [9.17, 15) is 4.79 Å². The highest BCUT2D eigenvalue weighted by atomic mass is 16.1. The number of hydrogen-bond acceptors (Lipinski definition) is 4. The van der Waals surface area contributed by atoms with Gasteiger partial charge in [0.15, 0.2) is 0 Å². The number of hydrogen-bond donors (Lipinski definition) is 2. The second kappa shape index (κ2) is 10.9. The Morgan fingerprint density at radius 3 is 2.38 bits per heavy atom. The molecule has 5 nitrogen and oxygen atoms in total. The van der Waals surface area contributed by atoms with Crippen LogP contribution >= 0.6 is 0 Å². The van der Waals surface area contributed by atoms with Crippen molar-refractivity contribution < 1.29 is 4.79 Å². The lowest BCUT2D eigenvalue weighted by Crippen LogP contribution is -2.27. The van der Waals surface area contributed by atoms with E-state index in [1.54, 1.807) is 6.33 Å². The first-order valence-electron chi connectivity index (χ1n) is 11.8. The van der Waals surface area contributed by atoms with Crippen molar-refractivity contribution in [1.82, 2.24) is 9.97 Å². The van der Waals surface area contributed by atoms with Gasteiger partial charge < -0.3 is 10.6 Å². The average molecular weight is 429 g/mol. The molecule has 0 atom stereocenters. The number of aromatic nitrogens is 2. The van der Waals surface area contributed by atoms with Gasteiger partial charge in [0.1, 0.15) is 12.1 Å². The van der Waals surface area contributed by atoms with Crippen LogP contribution in [-0.2, 0) is 4.79 Å². The quantitative estimate of drug-likeness (QED) is 0.413. The van der Waals surface area contributed by atoms with E-state index in [0.717, 1.165) is 47.2 Å². The molecule has 4 rings (SSSR count). The fourth-order valence-corrected chi connectivity index (χ4v) is 4.43. The van der Waals surface area contributed by atoms with Crippen LogP contribution in [0, 0.1) is 11.8 Å². The van der Waals surface area contributed by atoms with Crippen molar-refractivity contribution in [3.63, 3.8) is 0 Å². The van der Waals surface area contributed by atoms with Crippen LogP contribution in [0.4, 0.5) is 17.2 Å². The molecule has 1 amide bonds. The number of amides is 1. The molecule has 0 aliphatic heterocycles. The van der Waals surface area contributed by atoms with E-state index in [-0.39, 0.29) is 11.8 Å². The molecule has 0 spiro atoms. The maximum Gasteiger partial charge on any atom is 0.227 e. The molecule has 3 aromatic rings. The van der Waals surface area contributed by atoms with Gasteiger partial charge in [0.25, 0.3) is 0 Å². The molecule has 0 unspecified atom stereocenters. The first kappa shape index (κ1) is 22.0. The Kier molecular flexibility index (Phi) is 7.49. The summed E-state index contributed by atoms with van der Waals surface area (Å²) in [6, 6.07) is 19.8. The third kappa shape index (κ3) is 5.94. The maximum absolute atomic E-state index is 12.7. The van der Waals surface area contributed by atoms with Crippen LogP contribution in [0.5, 0.6) is 0 Å². The molecule has 1 heterocycles. The van der Waals surface area contributed by atoms with Gasteiger partial charge in [-0.05, 0) is 55.9 Å². The van der Waals surface area contributed by atoms with Crippen molar-refractivity contribution >= 4 is 23.1 Å². The van der Waals surface area contributed by atoms with Crippen molar-refractivity contribution in [2.24, 2.45) is 11.8 Å². The van der Waals surface area contributed by atoms with Gasteiger partial charge in [-0.1, -0.05) is 56.5 Å². The van der Waals surface area contributed by atoms with Crippen LogP contribution in [0.3, 0.4) is 0 Å². The third-order valence-corrected chi connectivity index (χ3v) is 6.34. The van der Waals surface area contributed by atoms with Gasteiger partial charge >= 0.3 is 0 Å². The smallest absolute Gasteiger partial charge is 0.227 e. The van der Waals surface area contributed by atoms with Gasteiger partial charge in [-0.15, -0.1) is 0 Å². The van der Waals surface area contributed by atoms with Crippen LogP contribution < -0.4 is 10.6 Å². The third-order valence-electron chi connectivity index (χ3n) is 6.34. The number of nitrogens with one attached hydrogen (secondary N) is 2. The molecule has 0 radical (unpaired) electrons. The molecule has 2 N–H and O–H groups in total. The zero-order chi connectivity index (χ0) is 22.2. The monoisotopic (exact) mass is 428 g/mol. The SMILES string of the molecule is CCCCC1CCC(C(=O)Nc2ccc(Nc3cc(-c4ccccc4)ncn3)cc2)CC1. The molecule has 5 heteroatoms. The van der Waals surface area contributed by atoms with Crippen LogP contribution in [0.1, 0.15) is 51.9 Å². The number of nitrogens with zero attached hydrogens (tertiary/aromatic N) is 2. The van der Waals surface area contributed by atoms with E-state index in [1.165, 1.54) is 32.1 Å². The van der Waals surface area contributed by atoms with E-state index >= 15 is 0 Å². The lowest BCUT2D eigenvalue weighted by molar-refractivity contribution is -0.121. The molecule has 0 bridgehead atoms. The van der Waals surface area contributed by atoms with Gasteiger partial charge in [-0.3, -0.25) is 4.79 Å². The molecular weight excluding hydrogens is 396 g/mol. The van der Waals surface area contributed by atoms with Crippen molar-refractivity contribution in [1.29, 1.82) is 0 Å². The Morgan fingerprint density at radius 1 is 0.938 bits per heavy atom. The largest absolute Gasteiger partial charge is 0.340 e. The van der Waals surface area contributed by atoms with Gasteiger partial charge in [0, 0.05) is 28.9 Å². The summed E-state index contributed by atoms with van der Waals surface area (Å²) in [6.45, 7) is 2.25. The number of carbonyl (C=O) groups is 1. The predicted molar refractivity (Wildman–Crippen MR) is 131 cm³/mol. The number of carbonyl (C=O) groups excluding carboxylic acids is 1. The molecule has 1 saturated carbocycles. The van der Waals surface area contributed by atoms with Gasteiger partial charge in [-0.25, -0.2) is 9.97 Å². The maximum atomic E-state index is 12.7. The standard InChI is InChI=1S/C27H32N4O/c1-2-3-7-20-10-12-22(13-11-20)27(32)31-24-16-14-23(15-17-24)30-26-18-25(28-19-29-26)21-8-5-4-6-9-21/h4-6,8-9,14-20,22H,2-3,7,10-13H2,1H3,(H,31,32)(H,28,29,30). The zero-order valence-electron chi connectivity index (χ0n) is 18.8. The minimum absolute atomic E-state index is 0.142. The fraction of sp³-hybridized carbons (Fsp3) is 0.370. The molecule has 166 valence electrons. The van der Waals surface area contributed by atoms with Gasteiger partial charge in [-0.2, -0.15) is 0 Å². The van der Waals surface area contributed by atoms with Crippen molar-refractivity contribution in [3.05, 3.63) is 67.0 Å². The summed E-state index contributed by atoms with van der Waals surface area (Å²) in [4.78, 5) is 21.4. The highest BCUT2D eigenvalue weighted by Crippen LogP contribution is 2.32. The number of unbranched alkanes of at least 4 members (excludes halogenated alkanes) is 1. The molecule has 32 heavy (non-hydrogen) atoms. The summed E-state index contributed by atoms with van der Waals surface area (Å²) in [5, 5.41) is 6.41. The molecule has 1 fully saturated rings. The summed E-state index contributed by atoms with van der Waals surface area (Å²) in [7, 11) is 0. The first-order chi connectivity index (χ1) is 15.7. The fourth-order valence-electron chi connectivity index (χ4n) is 4.43. The van der Waals surface area contributed by atoms with Crippen LogP contribution in [-0.4, -0.2) is 15.9 Å². The lowest BCUT2D eigenvalue weighted by Gasteiger charge is -2.27. The van der Waals surface area contributed by atoms with Crippen LogP contribution in [0.15, 0.2) is 67.0 Å². The molecule has 2 aromatic carbocycles. The Bertz CT molecular complexity index is 996. The van der Waals surface area contributed by atoms with Crippen LogP contribution in [0.2, 0.25) is 0 Å². The summed E-state index contributed by atoms with van der Waals surface area (Å²) in [5.74, 6) is 1.84. The highest BCUT2D eigenvalue weighted by Gasteiger charge is 2.25. The van der Waals surface area contributed by atoms with Crippen LogP contribution in [0.25, 0.3) is 11.3 Å². The van der Waals surface area contributed by atoms with E-state index in [0.29, 0.717) is 0 Å². The lowest BCUT2D eigenvalue weighted by atomic mass is 9.79. The predicted octanol–water partition coefficient (Wildman–Crippen LogP) is 6.82. The Morgan fingerprint density at radius 2 is 1.66 bits per heavy atom. The zero-order valence-corrected chi connectivity index (χ0v) is 18.8. The molecule has 1 aromatic heterocycles. The van der Waals surface area contributed by atoms with Crippen molar-refractivity contribution in [2.75, 3.05) is 10.6 Å².